The minimum absolute atomic E-state index is 0.221. The van der Waals surface area contributed by atoms with Crippen LogP contribution < -0.4 is 26.6 Å². The van der Waals surface area contributed by atoms with Gasteiger partial charge in [0.05, 0.1) is 22.4 Å². The van der Waals surface area contributed by atoms with Crippen LogP contribution in [0.4, 0.5) is 11.4 Å². The van der Waals surface area contributed by atoms with Crippen LogP contribution in [0.3, 0.4) is 0 Å². The molecule has 0 fully saturated rings. The Morgan fingerprint density at radius 2 is 1.17 bits per heavy atom. The molecule has 254 valence electrons. The first kappa shape index (κ1) is 31.6. The number of hydrogen-bond donors (Lipinski definition) is 1. The summed E-state index contributed by atoms with van der Waals surface area (Å²) in [7, 11) is 0. The lowest BCUT2D eigenvalue weighted by Crippen LogP contribution is -2.38. The summed E-state index contributed by atoms with van der Waals surface area (Å²) in [6, 6.07) is 25.9. The van der Waals surface area contributed by atoms with Crippen LogP contribution in [0, 0.1) is 0 Å². The van der Waals surface area contributed by atoms with Gasteiger partial charge in [0, 0.05) is 75.8 Å². The number of benzene rings is 8. The lowest BCUT2D eigenvalue weighted by molar-refractivity contribution is 0.0980. The van der Waals surface area contributed by atoms with Gasteiger partial charge in [-0.3, -0.25) is 28.5 Å². The molecule has 1 N–H and O–H groups in total. The summed E-state index contributed by atoms with van der Waals surface area (Å²) in [5.74, 6) is -0.221. The maximum Gasteiger partial charge on any atom is 0.264 e. The number of carbonyl (C=O) groups excluding carboxylic acids is 1. The van der Waals surface area contributed by atoms with E-state index in [4.69, 9.17) is 4.98 Å². The predicted octanol–water partition coefficient (Wildman–Crippen LogP) is 9.40. The average molecular weight is 683 g/mol. The standard InChI is InChI=1S/C38H16N4O4.3C2H6/c43-33-15-9-11-17-27-21(37(45)41-25-7-3-1-5-23(25)39-35(17)41)13-19-31(29(15)27)32-20(33)14-22-28-18(12-10-16(30(28)32)34(19)44)36-40-24-6-2-4-8-26(24)42(36)38(22)46;3*1-2/h1-14,35,39H;3*1-2H3. The van der Waals surface area contributed by atoms with Crippen LogP contribution >= 0.6 is 0 Å². The van der Waals surface area contributed by atoms with Crippen molar-refractivity contribution in [3.8, 4) is 0 Å². The molecule has 2 aliphatic heterocycles. The number of hydrogen-bond acceptors (Lipinski definition) is 6. The molecular formula is C44H34N4O4. The van der Waals surface area contributed by atoms with E-state index >= 15 is 0 Å². The molecule has 0 saturated carbocycles. The van der Waals surface area contributed by atoms with Crippen molar-refractivity contribution in [1.29, 1.82) is 0 Å². The van der Waals surface area contributed by atoms with Gasteiger partial charge in [-0.05, 0) is 54.6 Å². The molecule has 2 aromatic heterocycles. The number of para-hydroxylation sites is 4. The van der Waals surface area contributed by atoms with Crippen molar-refractivity contribution in [2.45, 2.75) is 47.7 Å². The van der Waals surface area contributed by atoms with Crippen LogP contribution in [0.25, 0.3) is 81.3 Å². The fourth-order valence-electron chi connectivity index (χ4n) is 8.72. The van der Waals surface area contributed by atoms with Crippen LogP contribution in [0.2, 0.25) is 0 Å². The molecule has 12 rings (SSSR count). The summed E-state index contributed by atoms with van der Waals surface area (Å²) in [5.41, 5.74) is 4.04. The molecule has 52 heavy (non-hydrogen) atoms. The Balaban J connectivity index is 0.000000574. The van der Waals surface area contributed by atoms with Gasteiger partial charge < -0.3 is 5.32 Å². The van der Waals surface area contributed by atoms with Gasteiger partial charge in [0.2, 0.25) is 0 Å². The molecule has 2 aliphatic rings. The number of pyridine rings is 1. The van der Waals surface area contributed by atoms with E-state index in [1.165, 1.54) is 0 Å². The number of anilines is 2. The van der Waals surface area contributed by atoms with Gasteiger partial charge >= 0.3 is 0 Å². The van der Waals surface area contributed by atoms with Crippen LogP contribution in [0.15, 0.2) is 99.3 Å². The zero-order valence-electron chi connectivity index (χ0n) is 29.6. The second-order valence-corrected chi connectivity index (χ2v) is 12.5. The largest absolute Gasteiger partial charge is 0.359 e. The molecule has 0 aliphatic carbocycles. The van der Waals surface area contributed by atoms with Gasteiger partial charge in [-0.2, -0.15) is 0 Å². The van der Waals surface area contributed by atoms with Gasteiger partial charge in [-0.15, -0.1) is 0 Å². The first-order chi connectivity index (χ1) is 25.5. The first-order valence-electron chi connectivity index (χ1n) is 18.1. The monoisotopic (exact) mass is 682 g/mol. The molecule has 0 saturated heterocycles. The highest BCUT2D eigenvalue weighted by molar-refractivity contribution is 6.42. The molecule has 8 nitrogen and oxygen atoms in total. The van der Waals surface area contributed by atoms with Crippen molar-refractivity contribution in [1.82, 2.24) is 9.38 Å². The minimum Gasteiger partial charge on any atom is -0.359 e. The van der Waals surface area contributed by atoms with Gasteiger partial charge in [-0.25, -0.2) is 4.98 Å². The number of carbonyl (C=O) groups is 1. The van der Waals surface area contributed by atoms with Gasteiger partial charge in [-0.1, -0.05) is 71.9 Å². The van der Waals surface area contributed by atoms with Crippen LogP contribution in [-0.2, 0) is 0 Å². The number of nitrogens with zero attached hydrogens (tertiary/aromatic N) is 3. The molecule has 1 unspecified atom stereocenters. The number of nitrogens with one attached hydrogen (secondary N) is 1. The first-order valence-corrected chi connectivity index (χ1v) is 18.1. The summed E-state index contributed by atoms with van der Waals surface area (Å²) >= 11 is 0. The summed E-state index contributed by atoms with van der Waals surface area (Å²) in [6.45, 7) is 12.0. The summed E-state index contributed by atoms with van der Waals surface area (Å²) in [4.78, 5) is 64.2. The van der Waals surface area contributed by atoms with Crippen molar-refractivity contribution >= 4 is 98.6 Å². The Kier molecular flexibility index (Phi) is 6.70. The minimum atomic E-state index is -0.446. The van der Waals surface area contributed by atoms with E-state index in [9.17, 15) is 19.2 Å². The molecule has 0 radical (unpaired) electrons. The van der Waals surface area contributed by atoms with E-state index in [0.29, 0.717) is 81.5 Å². The SMILES string of the molecule is CC.CC.CC.O=C1c2cc3c(=O)c4ccc5c6c(cc7c(=O)c8ccc(c2c8c3c7c46)C2Nc3ccccc3N12)c(=O)n1c2ccccc2nc51. The number of rotatable bonds is 0. The van der Waals surface area contributed by atoms with E-state index in [0.717, 1.165) is 22.3 Å². The topological polar surface area (TPSA) is 101 Å². The molecular weight excluding hydrogens is 649 g/mol. The fraction of sp³-hybridized carbons (Fsp3) is 0.159. The number of amides is 1. The van der Waals surface area contributed by atoms with Gasteiger partial charge in [0.15, 0.2) is 10.9 Å². The summed E-state index contributed by atoms with van der Waals surface area (Å²) < 4.78 is 1.61. The zero-order valence-corrected chi connectivity index (χ0v) is 29.6. The number of aromatic nitrogens is 2. The maximum absolute atomic E-state index is 14.5. The fourth-order valence-corrected chi connectivity index (χ4v) is 8.72. The third kappa shape index (κ3) is 3.53. The second kappa shape index (κ2) is 11.0. The van der Waals surface area contributed by atoms with Gasteiger partial charge in [0.25, 0.3) is 11.5 Å². The Morgan fingerprint density at radius 1 is 0.577 bits per heavy atom. The second-order valence-electron chi connectivity index (χ2n) is 12.5. The summed E-state index contributed by atoms with van der Waals surface area (Å²) in [5, 5.41) is 10.1. The third-order valence-corrected chi connectivity index (χ3v) is 10.5. The van der Waals surface area contributed by atoms with Crippen molar-refractivity contribution < 1.29 is 4.79 Å². The molecule has 10 aromatic rings. The van der Waals surface area contributed by atoms with Crippen molar-refractivity contribution in [3.05, 3.63) is 127 Å². The summed E-state index contributed by atoms with van der Waals surface area (Å²) in [6.07, 6.45) is -0.446. The van der Waals surface area contributed by atoms with E-state index in [-0.39, 0.29) is 22.3 Å². The molecule has 8 aromatic carbocycles. The molecule has 0 spiro atoms. The highest BCUT2D eigenvalue weighted by atomic mass is 16.2. The van der Waals surface area contributed by atoms with E-state index in [2.05, 4.69) is 5.32 Å². The van der Waals surface area contributed by atoms with Crippen LogP contribution in [0.1, 0.15) is 63.6 Å². The molecule has 1 atom stereocenters. The third-order valence-electron chi connectivity index (χ3n) is 10.5. The maximum atomic E-state index is 14.5. The quantitative estimate of drug-likeness (QED) is 0.126. The van der Waals surface area contributed by atoms with Crippen LogP contribution in [0.5, 0.6) is 0 Å². The molecule has 4 heterocycles. The molecule has 1 amide bonds. The predicted molar refractivity (Wildman–Crippen MR) is 215 cm³/mol. The molecule has 0 bridgehead atoms. The molecule has 8 heteroatoms. The van der Waals surface area contributed by atoms with E-state index < -0.39 is 6.17 Å². The van der Waals surface area contributed by atoms with E-state index in [1.807, 2.05) is 102 Å². The van der Waals surface area contributed by atoms with Crippen LogP contribution in [-0.4, -0.2) is 15.3 Å². The van der Waals surface area contributed by atoms with Gasteiger partial charge in [0.1, 0.15) is 11.8 Å². The number of fused-ring (bicyclic) bond motifs is 8. The highest BCUT2D eigenvalue weighted by Gasteiger charge is 2.42. The highest BCUT2D eigenvalue weighted by Crippen LogP contribution is 2.51. The number of imidazole rings is 1. The smallest absolute Gasteiger partial charge is 0.264 e. The normalized spacial score (nSPS) is 14.5. The van der Waals surface area contributed by atoms with Crippen molar-refractivity contribution in [3.63, 3.8) is 0 Å². The lowest BCUT2D eigenvalue weighted by Gasteiger charge is -2.32. The lowest BCUT2D eigenvalue weighted by atomic mass is 9.81. The Bertz CT molecular complexity index is 3280. The Morgan fingerprint density at radius 3 is 1.92 bits per heavy atom. The van der Waals surface area contributed by atoms with Crippen molar-refractivity contribution in [2.24, 2.45) is 0 Å². The average Bonchev–Trinajstić information content (AvgIpc) is 3.79. The van der Waals surface area contributed by atoms with Crippen molar-refractivity contribution in [2.75, 3.05) is 10.2 Å². The zero-order chi connectivity index (χ0) is 36.3. The van der Waals surface area contributed by atoms with E-state index in [1.54, 1.807) is 33.6 Å². The Hall–Kier alpha value is -6.41. The Labute approximate surface area is 296 Å².